The van der Waals surface area contributed by atoms with Crippen LogP contribution in [-0.4, -0.2) is 32.7 Å². The Balaban J connectivity index is 2.27. The fraction of sp³-hybridized carbons (Fsp3) is 0.111. The molecule has 1 amide bonds. The highest BCUT2D eigenvalue weighted by molar-refractivity contribution is 7.91. The highest BCUT2D eigenvalue weighted by atomic mass is 32.2. The number of nitrogens with one attached hydrogen (secondary N) is 1. The van der Waals surface area contributed by atoms with Crippen LogP contribution in [0.15, 0.2) is 53.6 Å². The number of nitrogens with two attached hydrogens (primary N) is 1. The molecule has 0 fully saturated rings. The third kappa shape index (κ3) is 3.31. The summed E-state index contributed by atoms with van der Waals surface area (Å²) in [5, 5.41) is 3.61. The summed E-state index contributed by atoms with van der Waals surface area (Å²) in [6.45, 7) is 0. The van der Waals surface area contributed by atoms with Crippen LogP contribution in [0.1, 0.15) is 10.4 Å². The van der Waals surface area contributed by atoms with Crippen molar-refractivity contribution in [2.75, 3.05) is 18.7 Å². The number of carbonyl (C=O) groups excluding carboxylic acids is 1. The molecule has 1 aromatic heterocycles. The van der Waals surface area contributed by atoms with Gasteiger partial charge in [0.2, 0.25) is 0 Å². The van der Waals surface area contributed by atoms with Crippen LogP contribution in [-0.2, 0) is 9.84 Å². The highest BCUT2D eigenvalue weighted by Crippen LogP contribution is 2.32. The third-order valence-electron chi connectivity index (χ3n) is 3.86. The minimum atomic E-state index is -3.49. The van der Waals surface area contributed by atoms with Crippen molar-refractivity contribution >= 4 is 38.0 Å². The number of pyridine rings is 1. The van der Waals surface area contributed by atoms with E-state index >= 15 is 0 Å². The Morgan fingerprint density at radius 1 is 1.19 bits per heavy atom. The molecule has 0 aliphatic heterocycles. The summed E-state index contributed by atoms with van der Waals surface area (Å²) in [5.41, 5.74) is 6.95. The van der Waals surface area contributed by atoms with E-state index in [2.05, 4.69) is 10.3 Å². The zero-order chi connectivity index (χ0) is 18.9. The second-order valence-corrected chi connectivity index (χ2v) is 7.68. The van der Waals surface area contributed by atoms with Gasteiger partial charge in [-0.05, 0) is 18.2 Å². The van der Waals surface area contributed by atoms with Crippen LogP contribution in [0.5, 0.6) is 5.75 Å². The normalized spacial score (nSPS) is 11.3. The van der Waals surface area contributed by atoms with Crippen molar-refractivity contribution in [2.24, 2.45) is 5.73 Å². The lowest BCUT2D eigenvalue weighted by atomic mass is 10.1. The zero-order valence-corrected chi connectivity index (χ0v) is 15.0. The number of amides is 1. The molecule has 134 valence electrons. The van der Waals surface area contributed by atoms with E-state index in [9.17, 15) is 13.2 Å². The summed E-state index contributed by atoms with van der Waals surface area (Å²) in [6.07, 6.45) is 2.39. The van der Waals surface area contributed by atoms with Crippen LogP contribution < -0.4 is 15.8 Å². The maximum absolute atomic E-state index is 12.1. The molecule has 0 spiro atoms. The minimum absolute atomic E-state index is 0.0831. The Hall–Kier alpha value is -3.13. The number of aromatic nitrogens is 1. The smallest absolute Gasteiger partial charge is 0.252 e. The largest absolute Gasteiger partial charge is 0.497 e. The van der Waals surface area contributed by atoms with Gasteiger partial charge in [-0.1, -0.05) is 18.2 Å². The number of hydrogen-bond acceptors (Lipinski definition) is 6. The molecule has 0 radical (unpaired) electrons. The summed E-state index contributed by atoms with van der Waals surface area (Å²) >= 11 is 0. The molecule has 2 aromatic carbocycles. The van der Waals surface area contributed by atoms with Crippen LogP contribution in [0.4, 0.5) is 11.4 Å². The lowest BCUT2D eigenvalue weighted by molar-refractivity contribution is 0.100. The zero-order valence-electron chi connectivity index (χ0n) is 14.2. The molecule has 8 heteroatoms. The Kier molecular flexibility index (Phi) is 4.52. The van der Waals surface area contributed by atoms with Crippen molar-refractivity contribution in [1.29, 1.82) is 0 Å². The molecular formula is C18H17N3O4S. The average molecular weight is 371 g/mol. The predicted molar refractivity (Wildman–Crippen MR) is 99.6 cm³/mol. The molecule has 0 saturated heterocycles. The molecule has 3 N–H and O–H groups in total. The van der Waals surface area contributed by atoms with Gasteiger partial charge in [-0.15, -0.1) is 0 Å². The number of carbonyl (C=O) groups is 1. The van der Waals surface area contributed by atoms with Gasteiger partial charge in [-0.3, -0.25) is 9.78 Å². The number of anilines is 2. The lowest BCUT2D eigenvalue weighted by Gasteiger charge is -2.15. The van der Waals surface area contributed by atoms with Crippen LogP contribution in [0, 0.1) is 0 Å². The first kappa shape index (κ1) is 17.7. The molecule has 0 aliphatic rings. The van der Waals surface area contributed by atoms with E-state index in [0.717, 1.165) is 6.26 Å². The molecule has 0 atom stereocenters. The first-order valence-electron chi connectivity index (χ1n) is 7.64. The maximum atomic E-state index is 12.1. The third-order valence-corrected chi connectivity index (χ3v) is 4.99. The SMILES string of the molecule is COc1cccc(Nc2c(C(N)=O)cnc3c(S(C)(=O)=O)cccc23)c1. The van der Waals surface area contributed by atoms with Gasteiger partial charge >= 0.3 is 0 Å². The van der Waals surface area contributed by atoms with E-state index in [1.54, 1.807) is 43.5 Å². The molecular weight excluding hydrogens is 354 g/mol. The van der Waals surface area contributed by atoms with Crippen LogP contribution in [0.3, 0.4) is 0 Å². The van der Waals surface area contributed by atoms with Gasteiger partial charge in [0, 0.05) is 29.6 Å². The van der Waals surface area contributed by atoms with Crippen molar-refractivity contribution in [2.45, 2.75) is 4.90 Å². The van der Waals surface area contributed by atoms with Crippen molar-refractivity contribution in [1.82, 2.24) is 4.98 Å². The molecule has 0 unspecified atom stereocenters. The molecule has 0 bridgehead atoms. The van der Waals surface area contributed by atoms with Gasteiger partial charge in [0.05, 0.1) is 28.8 Å². The first-order chi connectivity index (χ1) is 12.3. The number of hydrogen-bond donors (Lipinski definition) is 2. The van der Waals surface area contributed by atoms with E-state index in [-0.39, 0.29) is 16.0 Å². The molecule has 26 heavy (non-hydrogen) atoms. The number of rotatable bonds is 5. The van der Waals surface area contributed by atoms with Crippen molar-refractivity contribution in [3.63, 3.8) is 0 Å². The minimum Gasteiger partial charge on any atom is -0.497 e. The van der Waals surface area contributed by atoms with Gasteiger partial charge in [-0.2, -0.15) is 0 Å². The van der Waals surface area contributed by atoms with E-state index in [4.69, 9.17) is 10.5 Å². The quantitative estimate of drug-likeness (QED) is 0.713. The number of fused-ring (bicyclic) bond motifs is 1. The van der Waals surface area contributed by atoms with Gasteiger partial charge in [0.1, 0.15) is 5.75 Å². The Morgan fingerprint density at radius 3 is 2.58 bits per heavy atom. The van der Waals surface area contributed by atoms with Gasteiger partial charge in [0.25, 0.3) is 5.91 Å². The molecule has 0 saturated carbocycles. The number of methoxy groups -OCH3 is 1. The average Bonchev–Trinajstić information content (AvgIpc) is 2.60. The Morgan fingerprint density at radius 2 is 1.92 bits per heavy atom. The monoisotopic (exact) mass is 371 g/mol. The number of primary amides is 1. The van der Waals surface area contributed by atoms with Crippen LogP contribution >= 0.6 is 0 Å². The molecule has 3 aromatic rings. The van der Waals surface area contributed by atoms with Crippen molar-refractivity contribution in [3.8, 4) is 5.75 Å². The van der Waals surface area contributed by atoms with Crippen LogP contribution in [0.2, 0.25) is 0 Å². The van der Waals surface area contributed by atoms with Crippen molar-refractivity contribution < 1.29 is 17.9 Å². The fourth-order valence-electron chi connectivity index (χ4n) is 2.66. The number of nitrogens with zero attached hydrogens (tertiary/aromatic N) is 1. The van der Waals surface area contributed by atoms with E-state index in [1.165, 1.54) is 12.3 Å². The number of benzene rings is 2. The molecule has 1 heterocycles. The molecule has 3 rings (SSSR count). The van der Waals surface area contributed by atoms with E-state index < -0.39 is 15.7 Å². The summed E-state index contributed by atoms with van der Waals surface area (Å²) in [4.78, 5) is 16.1. The van der Waals surface area contributed by atoms with Crippen LogP contribution in [0.25, 0.3) is 10.9 Å². The summed E-state index contributed by atoms with van der Waals surface area (Å²) in [5.74, 6) is -0.0413. The second kappa shape index (κ2) is 6.64. The summed E-state index contributed by atoms with van der Waals surface area (Å²) in [7, 11) is -1.94. The van der Waals surface area contributed by atoms with E-state index in [0.29, 0.717) is 22.5 Å². The number of ether oxygens (including phenoxy) is 1. The predicted octanol–water partition coefficient (Wildman–Crippen LogP) is 2.49. The topological polar surface area (TPSA) is 111 Å². The number of sulfone groups is 1. The number of para-hydroxylation sites is 1. The Bertz CT molecular complexity index is 1110. The van der Waals surface area contributed by atoms with Crippen molar-refractivity contribution in [3.05, 3.63) is 54.2 Å². The summed E-state index contributed by atoms with van der Waals surface area (Å²) in [6, 6.07) is 11.9. The molecule has 7 nitrogen and oxygen atoms in total. The van der Waals surface area contributed by atoms with Gasteiger partial charge in [-0.25, -0.2) is 8.42 Å². The first-order valence-corrected chi connectivity index (χ1v) is 9.53. The maximum Gasteiger partial charge on any atom is 0.252 e. The fourth-order valence-corrected chi connectivity index (χ4v) is 3.50. The van der Waals surface area contributed by atoms with Gasteiger partial charge in [0.15, 0.2) is 9.84 Å². The lowest BCUT2D eigenvalue weighted by Crippen LogP contribution is -2.14. The molecule has 0 aliphatic carbocycles. The second-order valence-electron chi connectivity index (χ2n) is 5.69. The highest BCUT2D eigenvalue weighted by Gasteiger charge is 2.19. The Labute approximate surface area is 150 Å². The van der Waals surface area contributed by atoms with Gasteiger partial charge < -0.3 is 15.8 Å². The van der Waals surface area contributed by atoms with E-state index in [1.807, 2.05) is 0 Å². The standard InChI is InChI=1S/C18H17N3O4S/c1-25-12-6-3-5-11(9-12)21-16-13-7-4-8-15(26(2,23)24)17(13)20-10-14(16)18(19)22/h3-10H,1-2H3,(H2,19,22)(H,20,21). The summed E-state index contributed by atoms with van der Waals surface area (Å²) < 4.78 is 29.3.